The highest BCUT2D eigenvalue weighted by Crippen LogP contribution is 2.26. The van der Waals surface area contributed by atoms with E-state index in [-0.39, 0.29) is 10.6 Å². The molecular formula is C8H9N3O4S. The normalized spacial score (nSPS) is 11.0. The van der Waals surface area contributed by atoms with Crippen molar-refractivity contribution in [2.45, 2.75) is 4.90 Å². The van der Waals surface area contributed by atoms with Crippen LogP contribution in [-0.4, -0.2) is 24.1 Å². The number of nitrogens with two attached hydrogens (primary N) is 1. The van der Waals surface area contributed by atoms with Crippen molar-refractivity contribution in [2.75, 3.05) is 11.5 Å². The Kier molecular flexibility index (Phi) is 3.23. The van der Waals surface area contributed by atoms with Gasteiger partial charge in [0.1, 0.15) is 16.8 Å². The Morgan fingerprint density at radius 1 is 1.62 bits per heavy atom. The van der Waals surface area contributed by atoms with Gasteiger partial charge in [0, 0.05) is 6.07 Å². The van der Waals surface area contributed by atoms with Crippen LogP contribution < -0.4 is 5.73 Å². The van der Waals surface area contributed by atoms with E-state index in [1.54, 1.807) is 0 Å². The van der Waals surface area contributed by atoms with Crippen LogP contribution in [-0.2, 0) is 9.84 Å². The lowest BCUT2D eigenvalue weighted by Gasteiger charge is -2.04. The number of nitro groups is 1. The number of sulfone groups is 1. The van der Waals surface area contributed by atoms with Crippen LogP contribution >= 0.6 is 0 Å². The first-order valence-electron chi connectivity index (χ1n) is 4.12. The van der Waals surface area contributed by atoms with Crippen LogP contribution in [0.4, 0.5) is 11.5 Å². The zero-order valence-corrected chi connectivity index (χ0v) is 8.98. The molecule has 0 radical (unpaired) electrons. The Bertz CT molecular complexity index is 538. The fourth-order valence-corrected chi connectivity index (χ4v) is 2.29. The predicted molar refractivity (Wildman–Crippen MR) is 57.6 cm³/mol. The van der Waals surface area contributed by atoms with Gasteiger partial charge in [-0.05, 0) is 9.91 Å². The summed E-state index contributed by atoms with van der Waals surface area (Å²) in [6, 6.07) is 1.13. The van der Waals surface area contributed by atoms with E-state index in [4.69, 9.17) is 5.73 Å². The topological polar surface area (TPSA) is 116 Å². The lowest BCUT2D eigenvalue weighted by Crippen LogP contribution is -2.10. The lowest BCUT2D eigenvalue weighted by atomic mass is 10.4. The second kappa shape index (κ2) is 4.27. The van der Waals surface area contributed by atoms with Crippen molar-refractivity contribution in [1.29, 1.82) is 0 Å². The van der Waals surface area contributed by atoms with E-state index in [0.717, 1.165) is 12.3 Å². The molecule has 0 fully saturated rings. The minimum absolute atomic E-state index is 0.297. The molecule has 0 spiro atoms. The van der Waals surface area contributed by atoms with E-state index in [9.17, 15) is 18.5 Å². The minimum atomic E-state index is -3.68. The average molecular weight is 243 g/mol. The summed E-state index contributed by atoms with van der Waals surface area (Å²) in [6.07, 6.45) is 2.21. The molecule has 0 aliphatic carbocycles. The summed E-state index contributed by atoms with van der Waals surface area (Å²) in [6.45, 7) is 3.29. The van der Waals surface area contributed by atoms with Gasteiger partial charge in [0.15, 0.2) is 9.84 Å². The van der Waals surface area contributed by atoms with Gasteiger partial charge in [0.2, 0.25) is 0 Å². The van der Waals surface area contributed by atoms with Crippen LogP contribution in [0.2, 0.25) is 0 Å². The summed E-state index contributed by atoms with van der Waals surface area (Å²) in [4.78, 5) is 12.8. The summed E-state index contributed by atoms with van der Waals surface area (Å²) in [5.41, 5.74) is 4.93. The summed E-state index contributed by atoms with van der Waals surface area (Å²) in [5, 5.41) is 10.5. The van der Waals surface area contributed by atoms with Crippen LogP contribution in [0.5, 0.6) is 0 Å². The molecule has 0 atom stereocenters. The highest BCUT2D eigenvalue weighted by molar-refractivity contribution is 7.91. The van der Waals surface area contributed by atoms with Crippen molar-refractivity contribution in [2.24, 2.45) is 0 Å². The maximum atomic E-state index is 11.6. The number of nitrogen functional groups attached to an aromatic ring is 1. The predicted octanol–water partition coefficient (Wildman–Crippen LogP) is 0.532. The van der Waals surface area contributed by atoms with E-state index in [1.165, 1.54) is 6.08 Å². The number of aromatic nitrogens is 1. The monoisotopic (exact) mass is 243 g/mol. The molecule has 2 N–H and O–H groups in total. The van der Waals surface area contributed by atoms with Crippen molar-refractivity contribution >= 4 is 21.3 Å². The van der Waals surface area contributed by atoms with Gasteiger partial charge < -0.3 is 15.8 Å². The second-order valence-electron chi connectivity index (χ2n) is 2.87. The summed E-state index contributed by atoms with van der Waals surface area (Å²) < 4.78 is 23.3. The zero-order chi connectivity index (χ0) is 12.3. The number of rotatable bonds is 4. The molecule has 0 aromatic carbocycles. The quantitative estimate of drug-likeness (QED) is 0.468. The van der Waals surface area contributed by atoms with Crippen molar-refractivity contribution in [3.63, 3.8) is 0 Å². The highest BCUT2D eigenvalue weighted by Gasteiger charge is 2.24. The minimum Gasteiger partial charge on any atom is -0.391 e. The first-order valence-corrected chi connectivity index (χ1v) is 5.78. The molecule has 0 bridgehead atoms. The number of hydrogen-bond donors (Lipinski definition) is 1. The number of hydrogen-bond acceptors (Lipinski definition) is 6. The number of pyridine rings is 1. The first-order chi connectivity index (χ1) is 7.40. The first kappa shape index (κ1) is 12.1. The third-order valence-electron chi connectivity index (χ3n) is 1.77. The molecular weight excluding hydrogens is 234 g/mol. The maximum Gasteiger partial charge on any atom is 0.388 e. The second-order valence-corrected chi connectivity index (χ2v) is 4.88. The van der Waals surface area contributed by atoms with Crippen LogP contribution in [0.15, 0.2) is 29.8 Å². The average Bonchev–Trinajstić information content (AvgIpc) is 2.17. The highest BCUT2D eigenvalue weighted by atomic mass is 32.2. The molecule has 0 aliphatic rings. The molecule has 1 heterocycles. The molecule has 1 aromatic heterocycles. The smallest absolute Gasteiger partial charge is 0.388 e. The van der Waals surface area contributed by atoms with Crippen molar-refractivity contribution in [3.05, 3.63) is 35.0 Å². The van der Waals surface area contributed by atoms with Crippen LogP contribution in [0.25, 0.3) is 0 Å². The third-order valence-corrected chi connectivity index (χ3v) is 3.48. The molecule has 8 heteroatoms. The van der Waals surface area contributed by atoms with Crippen LogP contribution in [0, 0.1) is 10.1 Å². The summed E-state index contributed by atoms with van der Waals surface area (Å²) in [5.74, 6) is -0.997. The molecule has 0 aliphatic heterocycles. The van der Waals surface area contributed by atoms with Crippen LogP contribution in [0.3, 0.4) is 0 Å². The Morgan fingerprint density at radius 2 is 2.25 bits per heavy atom. The van der Waals surface area contributed by atoms with Gasteiger partial charge >= 0.3 is 5.82 Å². The van der Waals surface area contributed by atoms with Gasteiger partial charge in [-0.2, -0.15) is 0 Å². The summed E-state index contributed by atoms with van der Waals surface area (Å²) >= 11 is 0. The largest absolute Gasteiger partial charge is 0.391 e. The summed E-state index contributed by atoms with van der Waals surface area (Å²) in [7, 11) is -3.68. The molecule has 0 saturated carbocycles. The fourth-order valence-electron chi connectivity index (χ4n) is 1.11. The SMILES string of the molecule is C=CCS(=O)(=O)c1ccnc([N+](=O)[O-])c1N. The molecule has 0 unspecified atom stereocenters. The van der Waals surface area contributed by atoms with Gasteiger partial charge in [0.05, 0.1) is 5.75 Å². The van der Waals surface area contributed by atoms with Gasteiger partial charge in [-0.15, -0.1) is 6.58 Å². The Balaban J connectivity index is 3.42. The molecule has 16 heavy (non-hydrogen) atoms. The van der Waals surface area contributed by atoms with E-state index in [1.807, 2.05) is 0 Å². The molecule has 1 aromatic rings. The van der Waals surface area contributed by atoms with E-state index in [0.29, 0.717) is 0 Å². The van der Waals surface area contributed by atoms with Crippen molar-refractivity contribution < 1.29 is 13.3 Å². The van der Waals surface area contributed by atoms with Crippen molar-refractivity contribution in [3.8, 4) is 0 Å². The van der Waals surface area contributed by atoms with E-state index < -0.39 is 26.3 Å². The Hall–Kier alpha value is -1.96. The fraction of sp³-hybridized carbons (Fsp3) is 0.125. The van der Waals surface area contributed by atoms with Crippen LogP contribution in [0.1, 0.15) is 0 Å². The standard InChI is InChI=1S/C8H9N3O4S/c1-2-5-16(14,15)6-3-4-10-8(7(6)9)11(12)13/h2-4H,1,5,9H2. The van der Waals surface area contributed by atoms with Crippen molar-refractivity contribution in [1.82, 2.24) is 4.98 Å². The Labute approximate surface area is 91.7 Å². The van der Waals surface area contributed by atoms with Gasteiger partial charge in [-0.1, -0.05) is 6.08 Å². The van der Waals surface area contributed by atoms with Gasteiger partial charge in [-0.3, -0.25) is 0 Å². The van der Waals surface area contributed by atoms with Gasteiger partial charge in [-0.25, -0.2) is 8.42 Å². The molecule has 7 nitrogen and oxygen atoms in total. The Morgan fingerprint density at radius 3 is 2.75 bits per heavy atom. The lowest BCUT2D eigenvalue weighted by molar-refractivity contribution is -0.388. The van der Waals surface area contributed by atoms with E-state index in [2.05, 4.69) is 11.6 Å². The molecule has 86 valence electrons. The number of anilines is 1. The number of nitrogens with zero attached hydrogens (tertiary/aromatic N) is 2. The zero-order valence-electron chi connectivity index (χ0n) is 8.16. The maximum absolute atomic E-state index is 11.6. The third kappa shape index (κ3) is 2.16. The van der Waals surface area contributed by atoms with E-state index >= 15 is 0 Å². The molecule has 0 saturated heterocycles. The molecule has 1 rings (SSSR count). The van der Waals surface area contributed by atoms with Gasteiger partial charge in [0.25, 0.3) is 0 Å². The molecule has 0 amide bonds.